The van der Waals surface area contributed by atoms with Crippen LogP contribution < -0.4 is 10.2 Å². The molecule has 2 aromatic rings. The average Bonchev–Trinajstić information content (AvgIpc) is 2.59. The fourth-order valence-corrected chi connectivity index (χ4v) is 3.05. The minimum Gasteiger partial charge on any atom is -0.356 e. The number of fused-ring (bicyclic) bond motifs is 1. The van der Waals surface area contributed by atoms with Crippen molar-refractivity contribution in [3.05, 3.63) is 30.6 Å². The van der Waals surface area contributed by atoms with Crippen molar-refractivity contribution in [3.63, 3.8) is 0 Å². The first kappa shape index (κ1) is 15.7. The highest BCUT2D eigenvalue weighted by molar-refractivity contribution is 5.89. The van der Waals surface area contributed by atoms with Gasteiger partial charge < -0.3 is 10.2 Å². The summed E-state index contributed by atoms with van der Waals surface area (Å²) in [5.74, 6) is 1.80. The molecule has 1 aliphatic rings. The lowest BCUT2D eigenvalue weighted by atomic mass is 9.95. The van der Waals surface area contributed by atoms with Gasteiger partial charge in [-0.1, -0.05) is 26.0 Å². The number of hydrogen-bond acceptors (Lipinski definition) is 4. The van der Waals surface area contributed by atoms with Gasteiger partial charge in [-0.2, -0.15) is 0 Å². The molecule has 2 heterocycles. The summed E-state index contributed by atoms with van der Waals surface area (Å²) in [6, 6.07) is 8.07. The Morgan fingerprint density at radius 2 is 2.00 bits per heavy atom. The number of nitrogens with one attached hydrogen (secondary N) is 1. The largest absolute Gasteiger partial charge is 0.356 e. The summed E-state index contributed by atoms with van der Waals surface area (Å²) in [7, 11) is 0. The van der Waals surface area contributed by atoms with E-state index >= 15 is 0 Å². The van der Waals surface area contributed by atoms with E-state index in [1.54, 1.807) is 6.33 Å². The molecule has 1 aromatic heterocycles. The van der Waals surface area contributed by atoms with E-state index in [4.69, 9.17) is 0 Å². The van der Waals surface area contributed by atoms with Crippen LogP contribution in [0.5, 0.6) is 0 Å². The van der Waals surface area contributed by atoms with Crippen molar-refractivity contribution in [2.45, 2.75) is 26.7 Å². The zero-order valence-corrected chi connectivity index (χ0v) is 13.8. The summed E-state index contributed by atoms with van der Waals surface area (Å²) in [5.41, 5.74) is 0.967. The number of hydrogen-bond donors (Lipinski definition) is 1. The molecule has 1 amide bonds. The van der Waals surface area contributed by atoms with Gasteiger partial charge >= 0.3 is 0 Å². The van der Waals surface area contributed by atoms with Gasteiger partial charge in [0.2, 0.25) is 5.91 Å². The monoisotopic (exact) mass is 312 g/mol. The fourth-order valence-electron chi connectivity index (χ4n) is 3.05. The van der Waals surface area contributed by atoms with Crippen LogP contribution in [0.1, 0.15) is 26.7 Å². The third-order valence-electron chi connectivity index (χ3n) is 4.37. The average molecular weight is 312 g/mol. The van der Waals surface area contributed by atoms with Crippen LogP contribution in [-0.2, 0) is 4.79 Å². The molecule has 1 fully saturated rings. The number of para-hydroxylation sites is 1. The predicted molar refractivity (Wildman–Crippen MR) is 92.3 cm³/mol. The SMILES string of the molecule is CC(C)CNC(=O)C1CCN(c2ncnc3ccccc23)CC1. The van der Waals surface area contributed by atoms with Crippen LogP contribution in [0, 0.1) is 11.8 Å². The molecule has 1 saturated heterocycles. The maximum atomic E-state index is 12.2. The summed E-state index contributed by atoms with van der Waals surface area (Å²) in [6.07, 6.45) is 3.38. The van der Waals surface area contributed by atoms with E-state index < -0.39 is 0 Å². The predicted octanol–water partition coefficient (Wildman–Crippen LogP) is 2.62. The molecule has 1 aromatic carbocycles. The molecule has 23 heavy (non-hydrogen) atoms. The second kappa shape index (κ2) is 6.94. The van der Waals surface area contributed by atoms with Crippen molar-refractivity contribution in [3.8, 4) is 0 Å². The van der Waals surface area contributed by atoms with Crippen molar-refractivity contribution in [1.29, 1.82) is 0 Å². The van der Waals surface area contributed by atoms with E-state index in [0.717, 1.165) is 49.2 Å². The summed E-state index contributed by atoms with van der Waals surface area (Å²) >= 11 is 0. The molecule has 0 unspecified atom stereocenters. The zero-order chi connectivity index (χ0) is 16.2. The number of benzene rings is 1. The number of nitrogens with zero attached hydrogens (tertiary/aromatic N) is 3. The first-order valence-corrected chi connectivity index (χ1v) is 8.37. The third-order valence-corrected chi connectivity index (χ3v) is 4.37. The molecule has 0 bridgehead atoms. The normalized spacial score (nSPS) is 16.0. The molecule has 122 valence electrons. The van der Waals surface area contributed by atoms with Crippen LogP contribution >= 0.6 is 0 Å². The summed E-state index contributed by atoms with van der Waals surface area (Å²) in [5, 5.41) is 4.13. The number of amides is 1. The topological polar surface area (TPSA) is 58.1 Å². The highest BCUT2D eigenvalue weighted by atomic mass is 16.1. The van der Waals surface area contributed by atoms with E-state index in [1.165, 1.54) is 0 Å². The molecular formula is C18H24N4O. The molecule has 1 aliphatic heterocycles. The summed E-state index contributed by atoms with van der Waals surface area (Å²) < 4.78 is 0. The van der Waals surface area contributed by atoms with Gasteiger partial charge in [0.25, 0.3) is 0 Å². The van der Waals surface area contributed by atoms with Crippen LogP contribution in [-0.4, -0.2) is 35.5 Å². The van der Waals surface area contributed by atoms with Crippen LogP contribution in [0.25, 0.3) is 10.9 Å². The van der Waals surface area contributed by atoms with Crippen LogP contribution in [0.15, 0.2) is 30.6 Å². The molecular weight excluding hydrogens is 288 g/mol. The quantitative estimate of drug-likeness (QED) is 0.943. The first-order chi connectivity index (χ1) is 11.1. The van der Waals surface area contributed by atoms with E-state index in [9.17, 15) is 4.79 Å². The summed E-state index contributed by atoms with van der Waals surface area (Å²) in [6.45, 7) is 6.71. The molecule has 5 heteroatoms. The molecule has 3 rings (SSSR count). The fraction of sp³-hybridized carbons (Fsp3) is 0.500. The molecule has 0 radical (unpaired) electrons. The Labute approximate surface area is 137 Å². The van der Waals surface area contributed by atoms with E-state index in [1.807, 2.05) is 18.2 Å². The Morgan fingerprint density at radius 3 is 2.74 bits per heavy atom. The van der Waals surface area contributed by atoms with Gasteiger partial charge in [-0.25, -0.2) is 9.97 Å². The first-order valence-electron chi connectivity index (χ1n) is 8.37. The number of piperidine rings is 1. The molecule has 1 N–H and O–H groups in total. The second-order valence-electron chi connectivity index (χ2n) is 6.61. The number of carbonyl (C=O) groups excluding carboxylic acids is 1. The van der Waals surface area contributed by atoms with Crippen molar-refractivity contribution in [2.75, 3.05) is 24.5 Å². The molecule has 0 aliphatic carbocycles. The van der Waals surface area contributed by atoms with Crippen molar-refractivity contribution in [1.82, 2.24) is 15.3 Å². The molecule has 0 atom stereocenters. The maximum Gasteiger partial charge on any atom is 0.223 e. The number of rotatable bonds is 4. The molecule has 5 nitrogen and oxygen atoms in total. The lowest BCUT2D eigenvalue weighted by molar-refractivity contribution is -0.125. The smallest absolute Gasteiger partial charge is 0.223 e. The van der Waals surface area contributed by atoms with Gasteiger partial charge in [0.15, 0.2) is 0 Å². The standard InChI is InChI=1S/C18H24N4O/c1-13(2)11-19-18(23)14-7-9-22(10-8-14)17-15-5-3-4-6-16(15)20-12-21-17/h3-6,12-14H,7-11H2,1-2H3,(H,19,23). The van der Waals surface area contributed by atoms with Crippen molar-refractivity contribution in [2.24, 2.45) is 11.8 Å². The maximum absolute atomic E-state index is 12.2. The van der Waals surface area contributed by atoms with Crippen molar-refractivity contribution < 1.29 is 4.79 Å². The van der Waals surface area contributed by atoms with Crippen LogP contribution in [0.4, 0.5) is 5.82 Å². The van der Waals surface area contributed by atoms with Gasteiger partial charge in [0.1, 0.15) is 12.1 Å². The van der Waals surface area contributed by atoms with Crippen LogP contribution in [0.3, 0.4) is 0 Å². The van der Waals surface area contributed by atoms with Crippen molar-refractivity contribution >= 4 is 22.6 Å². The minimum absolute atomic E-state index is 0.123. The molecule has 0 saturated carbocycles. The van der Waals surface area contributed by atoms with Gasteiger partial charge in [0.05, 0.1) is 5.52 Å². The van der Waals surface area contributed by atoms with Gasteiger partial charge in [-0.05, 0) is 30.9 Å². The van der Waals surface area contributed by atoms with Gasteiger partial charge in [-0.3, -0.25) is 4.79 Å². The van der Waals surface area contributed by atoms with E-state index in [-0.39, 0.29) is 11.8 Å². The Bertz CT molecular complexity index is 672. The highest BCUT2D eigenvalue weighted by Gasteiger charge is 2.26. The number of anilines is 1. The van der Waals surface area contributed by atoms with E-state index in [2.05, 4.69) is 40.1 Å². The minimum atomic E-state index is 0.123. The van der Waals surface area contributed by atoms with Gasteiger partial charge in [-0.15, -0.1) is 0 Å². The highest BCUT2D eigenvalue weighted by Crippen LogP contribution is 2.27. The number of aromatic nitrogens is 2. The van der Waals surface area contributed by atoms with Gasteiger partial charge in [0, 0.05) is 30.9 Å². The Kier molecular flexibility index (Phi) is 4.74. The Morgan fingerprint density at radius 1 is 1.26 bits per heavy atom. The Balaban J connectivity index is 1.65. The number of carbonyl (C=O) groups is 1. The lowest BCUT2D eigenvalue weighted by Gasteiger charge is -2.32. The Hall–Kier alpha value is -2.17. The second-order valence-corrected chi connectivity index (χ2v) is 6.61. The molecule has 0 spiro atoms. The lowest BCUT2D eigenvalue weighted by Crippen LogP contribution is -2.41. The van der Waals surface area contributed by atoms with Crippen LogP contribution in [0.2, 0.25) is 0 Å². The third kappa shape index (κ3) is 3.60. The zero-order valence-electron chi connectivity index (χ0n) is 13.8. The van der Waals surface area contributed by atoms with E-state index in [0.29, 0.717) is 5.92 Å². The summed E-state index contributed by atoms with van der Waals surface area (Å²) in [4.78, 5) is 23.3.